The Bertz CT molecular complexity index is 924. The molecular formula is C22H20O3. The van der Waals surface area contributed by atoms with E-state index in [2.05, 4.69) is 24.8 Å². The lowest BCUT2D eigenvalue weighted by atomic mass is 9.95. The summed E-state index contributed by atoms with van der Waals surface area (Å²) in [4.78, 5) is 11.5. The van der Waals surface area contributed by atoms with E-state index in [0.717, 1.165) is 34.1 Å². The van der Waals surface area contributed by atoms with Crippen LogP contribution in [0.2, 0.25) is 0 Å². The number of esters is 1. The first kappa shape index (κ1) is 16.8. The number of methoxy groups -OCH3 is 2. The van der Waals surface area contributed by atoms with Gasteiger partial charge in [0.05, 0.1) is 19.8 Å². The number of benzene rings is 3. The number of carbonyl (C=O) groups is 1. The quantitative estimate of drug-likeness (QED) is 0.624. The van der Waals surface area contributed by atoms with E-state index in [1.54, 1.807) is 19.2 Å². The molecule has 0 aliphatic heterocycles. The van der Waals surface area contributed by atoms with E-state index in [4.69, 9.17) is 9.47 Å². The van der Waals surface area contributed by atoms with Gasteiger partial charge in [0.25, 0.3) is 0 Å². The third-order valence-electron chi connectivity index (χ3n) is 4.31. The van der Waals surface area contributed by atoms with Crippen molar-refractivity contribution in [2.45, 2.75) is 6.42 Å². The van der Waals surface area contributed by atoms with Gasteiger partial charge in [-0.05, 0) is 46.7 Å². The Labute approximate surface area is 147 Å². The molecule has 126 valence electrons. The lowest BCUT2D eigenvalue weighted by molar-refractivity contribution is 0.0600. The van der Waals surface area contributed by atoms with Crippen LogP contribution < -0.4 is 4.74 Å². The normalized spacial score (nSPS) is 10.5. The van der Waals surface area contributed by atoms with Crippen LogP contribution in [0.4, 0.5) is 0 Å². The predicted octanol–water partition coefficient (Wildman–Crippen LogP) is 4.89. The van der Waals surface area contributed by atoms with Crippen molar-refractivity contribution < 1.29 is 14.3 Å². The molecule has 0 unspecified atom stereocenters. The SMILES string of the molecule is C=C(Cc1ccc(OC)c2ccccc12)c1ccc(C(=O)OC)cc1. The molecule has 0 aliphatic rings. The fraction of sp³-hybridized carbons (Fsp3) is 0.136. The van der Waals surface area contributed by atoms with Crippen LogP contribution in [0.15, 0.2) is 67.2 Å². The van der Waals surface area contributed by atoms with Gasteiger partial charge in [-0.3, -0.25) is 0 Å². The maximum absolute atomic E-state index is 11.5. The maximum atomic E-state index is 11.5. The molecule has 3 heteroatoms. The summed E-state index contributed by atoms with van der Waals surface area (Å²) in [5.74, 6) is 0.533. The van der Waals surface area contributed by atoms with E-state index in [-0.39, 0.29) is 5.97 Å². The van der Waals surface area contributed by atoms with E-state index in [1.165, 1.54) is 12.7 Å². The molecule has 3 nitrogen and oxygen atoms in total. The van der Waals surface area contributed by atoms with Crippen molar-refractivity contribution >= 4 is 22.3 Å². The molecule has 0 amide bonds. The third kappa shape index (κ3) is 3.41. The molecule has 0 spiro atoms. The van der Waals surface area contributed by atoms with E-state index in [9.17, 15) is 4.79 Å². The van der Waals surface area contributed by atoms with Crippen LogP contribution in [-0.4, -0.2) is 20.2 Å². The lowest BCUT2D eigenvalue weighted by Crippen LogP contribution is -2.01. The molecule has 0 atom stereocenters. The molecule has 0 N–H and O–H groups in total. The first-order chi connectivity index (χ1) is 12.1. The summed E-state index contributed by atoms with van der Waals surface area (Å²) in [5.41, 5.74) is 3.73. The minimum absolute atomic E-state index is 0.335. The number of hydrogen-bond acceptors (Lipinski definition) is 3. The zero-order valence-corrected chi connectivity index (χ0v) is 14.4. The van der Waals surface area contributed by atoms with Crippen molar-refractivity contribution in [3.05, 3.63) is 83.9 Å². The number of carbonyl (C=O) groups excluding carboxylic acids is 1. The summed E-state index contributed by atoms with van der Waals surface area (Å²) in [6, 6.07) is 19.6. The minimum Gasteiger partial charge on any atom is -0.496 e. The van der Waals surface area contributed by atoms with Gasteiger partial charge in [-0.25, -0.2) is 4.79 Å². The summed E-state index contributed by atoms with van der Waals surface area (Å²) in [6.45, 7) is 4.22. The van der Waals surface area contributed by atoms with Crippen LogP contribution in [0, 0.1) is 0 Å². The first-order valence-electron chi connectivity index (χ1n) is 8.05. The Morgan fingerprint density at radius 3 is 2.16 bits per heavy atom. The molecule has 25 heavy (non-hydrogen) atoms. The van der Waals surface area contributed by atoms with E-state index >= 15 is 0 Å². The number of ether oxygens (including phenoxy) is 2. The molecule has 3 aromatic rings. The molecule has 0 bridgehead atoms. The van der Waals surface area contributed by atoms with Gasteiger partial charge in [0, 0.05) is 5.39 Å². The van der Waals surface area contributed by atoms with Crippen LogP contribution in [0.5, 0.6) is 5.75 Å². The summed E-state index contributed by atoms with van der Waals surface area (Å²) < 4.78 is 10.2. The first-order valence-corrected chi connectivity index (χ1v) is 8.05. The summed E-state index contributed by atoms with van der Waals surface area (Å²) in [6.07, 6.45) is 0.724. The molecule has 3 rings (SSSR count). The Balaban J connectivity index is 1.88. The van der Waals surface area contributed by atoms with Gasteiger partial charge in [0.1, 0.15) is 5.75 Å². The van der Waals surface area contributed by atoms with Crippen molar-refractivity contribution in [2.24, 2.45) is 0 Å². The Morgan fingerprint density at radius 1 is 0.880 bits per heavy atom. The van der Waals surface area contributed by atoms with Crippen LogP contribution >= 0.6 is 0 Å². The Kier molecular flexibility index (Phi) is 4.85. The molecule has 0 radical (unpaired) electrons. The topological polar surface area (TPSA) is 35.5 Å². The van der Waals surface area contributed by atoms with E-state index < -0.39 is 0 Å². The van der Waals surface area contributed by atoms with Crippen LogP contribution in [-0.2, 0) is 11.2 Å². The second kappa shape index (κ2) is 7.22. The monoisotopic (exact) mass is 332 g/mol. The summed E-state index contributed by atoms with van der Waals surface area (Å²) in [7, 11) is 3.06. The number of fused-ring (bicyclic) bond motifs is 1. The molecule has 0 heterocycles. The van der Waals surface area contributed by atoms with Gasteiger partial charge in [-0.2, -0.15) is 0 Å². The number of hydrogen-bond donors (Lipinski definition) is 0. The zero-order valence-electron chi connectivity index (χ0n) is 14.4. The van der Waals surface area contributed by atoms with Crippen molar-refractivity contribution in [3.8, 4) is 5.75 Å². The largest absolute Gasteiger partial charge is 0.496 e. The van der Waals surface area contributed by atoms with Gasteiger partial charge in [-0.15, -0.1) is 0 Å². The fourth-order valence-electron chi connectivity index (χ4n) is 2.96. The highest BCUT2D eigenvalue weighted by atomic mass is 16.5. The predicted molar refractivity (Wildman–Crippen MR) is 101 cm³/mol. The second-order valence-corrected chi connectivity index (χ2v) is 5.82. The third-order valence-corrected chi connectivity index (χ3v) is 4.31. The number of allylic oxidation sites excluding steroid dienone is 1. The molecule has 0 saturated heterocycles. The van der Waals surface area contributed by atoms with E-state index in [1.807, 2.05) is 30.3 Å². The Morgan fingerprint density at radius 2 is 1.52 bits per heavy atom. The van der Waals surface area contributed by atoms with Gasteiger partial charge >= 0.3 is 5.97 Å². The zero-order chi connectivity index (χ0) is 17.8. The van der Waals surface area contributed by atoms with Crippen molar-refractivity contribution in [1.82, 2.24) is 0 Å². The van der Waals surface area contributed by atoms with Gasteiger partial charge in [0.15, 0.2) is 0 Å². The van der Waals surface area contributed by atoms with Crippen LogP contribution in [0.1, 0.15) is 21.5 Å². The molecule has 0 fully saturated rings. The standard InChI is InChI=1S/C22H20O3/c1-15(16-8-10-17(11-9-16)22(23)25-3)14-18-12-13-21(24-2)20-7-5-4-6-19(18)20/h4-13H,1,14H2,2-3H3. The highest BCUT2D eigenvalue weighted by Gasteiger charge is 2.09. The molecule has 0 saturated carbocycles. The van der Waals surface area contributed by atoms with Crippen molar-refractivity contribution in [3.63, 3.8) is 0 Å². The smallest absolute Gasteiger partial charge is 0.337 e. The average molecular weight is 332 g/mol. The molecule has 3 aromatic carbocycles. The van der Waals surface area contributed by atoms with Crippen molar-refractivity contribution in [1.29, 1.82) is 0 Å². The van der Waals surface area contributed by atoms with Crippen LogP contribution in [0.3, 0.4) is 0 Å². The van der Waals surface area contributed by atoms with E-state index in [0.29, 0.717) is 5.56 Å². The summed E-state index contributed by atoms with van der Waals surface area (Å²) >= 11 is 0. The Hall–Kier alpha value is -3.07. The van der Waals surface area contributed by atoms with Crippen LogP contribution in [0.25, 0.3) is 16.3 Å². The molecule has 0 aliphatic carbocycles. The maximum Gasteiger partial charge on any atom is 0.337 e. The summed E-state index contributed by atoms with van der Waals surface area (Å²) in [5, 5.41) is 2.26. The average Bonchev–Trinajstić information content (AvgIpc) is 2.67. The highest BCUT2D eigenvalue weighted by molar-refractivity contribution is 5.92. The van der Waals surface area contributed by atoms with Gasteiger partial charge in [0.2, 0.25) is 0 Å². The molecular weight excluding hydrogens is 312 g/mol. The second-order valence-electron chi connectivity index (χ2n) is 5.82. The molecule has 0 aromatic heterocycles. The lowest BCUT2D eigenvalue weighted by Gasteiger charge is -2.12. The number of rotatable bonds is 5. The van der Waals surface area contributed by atoms with Crippen molar-refractivity contribution in [2.75, 3.05) is 14.2 Å². The fourth-order valence-corrected chi connectivity index (χ4v) is 2.96. The minimum atomic E-state index is -0.335. The van der Waals surface area contributed by atoms with Gasteiger partial charge in [-0.1, -0.05) is 49.0 Å². The highest BCUT2D eigenvalue weighted by Crippen LogP contribution is 2.30. The van der Waals surface area contributed by atoms with Gasteiger partial charge < -0.3 is 9.47 Å².